The van der Waals surface area contributed by atoms with E-state index in [1.54, 1.807) is 29.8 Å². The van der Waals surface area contributed by atoms with Gasteiger partial charge in [0.1, 0.15) is 0 Å². The Labute approximate surface area is 186 Å². The first-order valence-electron chi connectivity index (χ1n) is 11.4. The number of ether oxygens (including phenoxy) is 1. The van der Waals surface area contributed by atoms with E-state index < -0.39 is 5.97 Å². The molecule has 0 radical (unpaired) electrons. The Balaban J connectivity index is 2.19. The third kappa shape index (κ3) is 6.68. The van der Waals surface area contributed by atoms with Crippen molar-refractivity contribution in [3.05, 3.63) is 47.3 Å². The molecular formula is C25H37N3O3. The molecule has 31 heavy (non-hydrogen) atoms. The van der Waals surface area contributed by atoms with E-state index in [1.165, 1.54) is 12.8 Å². The fourth-order valence-electron chi connectivity index (χ4n) is 3.45. The number of nitrogens with one attached hydrogen (secondary N) is 1. The minimum atomic E-state index is -0.434. The van der Waals surface area contributed by atoms with Crippen molar-refractivity contribution in [3.8, 4) is 5.69 Å². The molecule has 6 heteroatoms. The Morgan fingerprint density at radius 3 is 2.35 bits per heavy atom. The van der Waals surface area contributed by atoms with Crippen LogP contribution >= 0.6 is 0 Å². The second-order valence-electron chi connectivity index (χ2n) is 8.97. The molecule has 0 spiro atoms. The molecule has 0 fully saturated rings. The van der Waals surface area contributed by atoms with Gasteiger partial charge in [0, 0.05) is 17.5 Å². The third-order valence-electron chi connectivity index (χ3n) is 5.43. The van der Waals surface area contributed by atoms with Crippen molar-refractivity contribution in [2.24, 2.45) is 5.92 Å². The maximum absolute atomic E-state index is 12.6. The minimum absolute atomic E-state index is 0.0646. The normalized spacial score (nSPS) is 12.5. The van der Waals surface area contributed by atoms with Crippen molar-refractivity contribution in [1.82, 2.24) is 15.1 Å². The van der Waals surface area contributed by atoms with Crippen LogP contribution in [0.3, 0.4) is 0 Å². The van der Waals surface area contributed by atoms with E-state index >= 15 is 0 Å². The first-order valence-corrected chi connectivity index (χ1v) is 11.4. The van der Waals surface area contributed by atoms with Crippen LogP contribution in [0, 0.1) is 5.92 Å². The van der Waals surface area contributed by atoms with Crippen LogP contribution in [-0.2, 0) is 10.2 Å². The highest BCUT2D eigenvalue weighted by atomic mass is 16.5. The van der Waals surface area contributed by atoms with Crippen LogP contribution in [0.5, 0.6) is 0 Å². The quantitative estimate of drug-likeness (QED) is 0.523. The molecule has 2 rings (SSSR count). The largest absolute Gasteiger partial charge is 0.461 e. The highest BCUT2D eigenvalue weighted by Crippen LogP contribution is 2.26. The molecule has 0 saturated carbocycles. The van der Waals surface area contributed by atoms with E-state index in [-0.39, 0.29) is 17.0 Å². The number of rotatable bonds is 10. The molecule has 2 aromatic rings. The highest BCUT2D eigenvalue weighted by molar-refractivity contribution is 5.94. The van der Waals surface area contributed by atoms with Gasteiger partial charge in [0.2, 0.25) is 0 Å². The fourth-order valence-corrected chi connectivity index (χ4v) is 3.45. The molecule has 0 aliphatic heterocycles. The van der Waals surface area contributed by atoms with Crippen molar-refractivity contribution in [2.75, 3.05) is 13.2 Å². The maximum Gasteiger partial charge on any atom is 0.358 e. The lowest BCUT2D eigenvalue weighted by molar-refractivity contribution is 0.0518. The van der Waals surface area contributed by atoms with Gasteiger partial charge in [-0.3, -0.25) is 4.79 Å². The predicted octanol–water partition coefficient (Wildman–Crippen LogP) is 5.29. The van der Waals surface area contributed by atoms with Crippen LogP contribution in [0.15, 0.2) is 30.3 Å². The number of carbonyl (C=O) groups excluding carboxylic acids is 2. The van der Waals surface area contributed by atoms with Crippen molar-refractivity contribution >= 4 is 11.9 Å². The van der Waals surface area contributed by atoms with Gasteiger partial charge in [-0.2, -0.15) is 5.10 Å². The van der Waals surface area contributed by atoms with Gasteiger partial charge >= 0.3 is 5.97 Å². The van der Waals surface area contributed by atoms with E-state index in [9.17, 15) is 9.59 Å². The first-order chi connectivity index (χ1) is 14.7. The van der Waals surface area contributed by atoms with Crippen LogP contribution in [0.2, 0.25) is 0 Å². The molecule has 1 amide bonds. The molecule has 0 unspecified atom stereocenters. The monoisotopic (exact) mass is 427 g/mol. The Morgan fingerprint density at radius 1 is 1.13 bits per heavy atom. The molecule has 0 aliphatic rings. The topological polar surface area (TPSA) is 73.2 Å². The summed E-state index contributed by atoms with van der Waals surface area (Å²) in [6.07, 6.45) is 4.57. The van der Waals surface area contributed by atoms with Gasteiger partial charge in [-0.05, 0) is 49.6 Å². The van der Waals surface area contributed by atoms with Gasteiger partial charge in [0.25, 0.3) is 5.91 Å². The Kier molecular flexibility index (Phi) is 8.84. The summed E-state index contributed by atoms with van der Waals surface area (Å²) in [6, 6.07) is 9.10. The minimum Gasteiger partial charge on any atom is -0.461 e. The van der Waals surface area contributed by atoms with Gasteiger partial charge < -0.3 is 10.1 Å². The summed E-state index contributed by atoms with van der Waals surface area (Å²) in [5, 5.41) is 7.54. The van der Waals surface area contributed by atoms with Crippen LogP contribution < -0.4 is 5.32 Å². The summed E-state index contributed by atoms with van der Waals surface area (Å²) in [5.41, 5.74) is 2.37. The number of esters is 1. The Morgan fingerprint density at radius 2 is 1.81 bits per heavy atom. The van der Waals surface area contributed by atoms with Gasteiger partial charge in [-0.15, -0.1) is 0 Å². The summed E-state index contributed by atoms with van der Waals surface area (Å²) in [4.78, 5) is 24.8. The SMILES string of the molecule is CCCC[C@H](CC)CNC(=O)c1ccc(-n2nc(C(=O)OCC)cc2C(C)(C)C)cc1. The zero-order chi connectivity index (χ0) is 23.0. The van der Waals surface area contributed by atoms with Crippen molar-refractivity contribution in [2.45, 2.75) is 72.6 Å². The lowest BCUT2D eigenvalue weighted by Gasteiger charge is -2.20. The standard InChI is InChI=1S/C25H37N3O3/c1-7-10-11-18(8-2)17-26-23(29)19-12-14-20(15-13-19)28-22(25(4,5)6)16-21(27-28)24(30)31-9-3/h12-16,18H,7-11,17H2,1-6H3,(H,26,29)/t18-/m0/s1. The lowest BCUT2D eigenvalue weighted by atomic mass is 9.91. The van der Waals surface area contributed by atoms with E-state index in [0.29, 0.717) is 24.6 Å². The van der Waals surface area contributed by atoms with Crippen molar-refractivity contribution < 1.29 is 14.3 Å². The van der Waals surface area contributed by atoms with Crippen LogP contribution in [-0.4, -0.2) is 34.8 Å². The number of amides is 1. The average Bonchev–Trinajstić information content (AvgIpc) is 3.20. The fraction of sp³-hybridized carbons (Fsp3) is 0.560. The first kappa shape index (κ1) is 24.6. The van der Waals surface area contributed by atoms with Gasteiger partial charge in [0.15, 0.2) is 5.69 Å². The molecule has 1 aromatic heterocycles. The summed E-state index contributed by atoms with van der Waals surface area (Å²) < 4.78 is 6.86. The molecule has 1 aromatic carbocycles. The molecule has 0 aliphatic carbocycles. The number of benzene rings is 1. The molecule has 170 valence electrons. The molecular weight excluding hydrogens is 390 g/mol. The molecule has 0 saturated heterocycles. The van der Waals surface area contributed by atoms with Gasteiger partial charge in [-0.1, -0.05) is 53.9 Å². The molecule has 1 N–H and O–H groups in total. The number of carbonyl (C=O) groups is 2. The number of unbranched alkanes of at least 4 members (excludes halogenated alkanes) is 1. The second kappa shape index (κ2) is 11.1. The van der Waals surface area contributed by atoms with Crippen molar-refractivity contribution in [3.63, 3.8) is 0 Å². The lowest BCUT2D eigenvalue weighted by Crippen LogP contribution is -2.29. The number of hydrogen-bond donors (Lipinski definition) is 1. The van der Waals surface area contributed by atoms with Crippen LogP contribution in [0.1, 0.15) is 93.8 Å². The molecule has 6 nitrogen and oxygen atoms in total. The van der Waals surface area contributed by atoms with E-state index in [0.717, 1.165) is 24.2 Å². The predicted molar refractivity (Wildman–Crippen MR) is 124 cm³/mol. The van der Waals surface area contributed by atoms with Crippen molar-refractivity contribution in [1.29, 1.82) is 0 Å². The van der Waals surface area contributed by atoms with E-state index in [1.807, 2.05) is 12.1 Å². The summed E-state index contributed by atoms with van der Waals surface area (Å²) >= 11 is 0. The number of aromatic nitrogens is 2. The highest BCUT2D eigenvalue weighted by Gasteiger charge is 2.25. The maximum atomic E-state index is 12.6. The smallest absolute Gasteiger partial charge is 0.358 e. The number of nitrogens with zero attached hydrogens (tertiary/aromatic N) is 2. The Hall–Kier alpha value is -2.63. The summed E-state index contributed by atoms with van der Waals surface area (Å²) in [5.74, 6) is 0.0180. The zero-order valence-corrected chi connectivity index (χ0v) is 19.8. The number of hydrogen-bond acceptors (Lipinski definition) is 4. The molecule has 0 bridgehead atoms. The summed E-state index contributed by atoms with van der Waals surface area (Å²) in [6.45, 7) is 13.3. The molecule has 1 atom stereocenters. The van der Waals surface area contributed by atoms with E-state index in [2.05, 4.69) is 45.0 Å². The Bertz CT molecular complexity index is 863. The van der Waals surface area contributed by atoms with Gasteiger partial charge in [-0.25, -0.2) is 9.48 Å². The third-order valence-corrected chi connectivity index (χ3v) is 5.43. The van der Waals surface area contributed by atoms with Crippen LogP contribution in [0.4, 0.5) is 0 Å². The summed E-state index contributed by atoms with van der Waals surface area (Å²) in [7, 11) is 0. The van der Waals surface area contributed by atoms with E-state index in [4.69, 9.17) is 4.74 Å². The second-order valence-corrected chi connectivity index (χ2v) is 8.97. The van der Waals surface area contributed by atoms with Gasteiger partial charge in [0.05, 0.1) is 18.0 Å². The zero-order valence-electron chi connectivity index (χ0n) is 19.8. The molecule has 1 heterocycles. The average molecular weight is 428 g/mol. The van der Waals surface area contributed by atoms with Crippen LogP contribution in [0.25, 0.3) is 5.69 Å².